The van der Waals surface area contributed by atoms with Crippen LogP contribution >= 0.6 is 0 Å². The molecule has 0 aliphatic carbocycles. The summed E-state index contributed by atoms with van der Waals surface area (Å²) in [6.45, 7) is 0. The van der Waals surface area contributed by atoms with E-state index in [1.54, 1.807) is 24.7 Å². The Morgan fingerprint density at radius 2 is 1.46 bits per heavy atom. The molecule has 138 valence electrons. The number of benzene rings is 2. The molecule has 4 aromatic rings. The Morgan fingerprint density at radius 3 is 2.14 bits per heavy atom. The second-order valence-electron chi connectivity index (χ2n) is 6.49. The van der Waals surface area contributed by atoms with E-state index in [4.69, 9.17) is 4.74 Å². The van der Waals surface area contributed by atoms with Gasteiger partial charge in [-0.15, -0.1) is 0 Å². The molecule has 0 fully saturated rings. The highest BCUT2D eigenvalue weighted by molar-refractivity contribution is 5.63. The van der Waals surface area contributed by atoms with E-state index in [-0.39, 0.29) is 11.6 Å². The van der Waals surface area contributed by atoms with Crippen LogP contribution in [-0.2, 0) is 12.8 Å². The third kappa shape index (κ3) is 4.41. The van der Waals surface area contributed by atoms with Gasteiger partial charge < -0.3 is 4.74 Å². The van der Waals surface area contributed by atoms with Crippen LogP contribution < -0.4 is 4.74 Å². The van der Waals surface area contributed by atoms with E-state index in [2.05, 4.69) is 9.97 Å². The molecule has 2 aromatic heterocycles. The molecular formula is C24H19FN2O. The minimum atomic E-state index is -0.361. The molecule has 0 saturated carbocycles. The second-order valence-corrected chi connectivity index (χ2v) is 6.49. The molecule has 0 amide bonds. The maximum Gasteiger partial charge on any atom is 0.165 e. The van der Waals surface area contributed by atoms with Gasteiger partial charge >= 0.3 is 0 Å². The van der Waals surface area contributed by atoms with Crippen LogP contribution in [0.3, 0.4) is 0 Å². The zero-order chi connectivity index (χ0) is 19.2. The van der Waals surface area contributed by atoms with E-state index >= 15 is 0 Å². The van der Waals surface area contributed by atoms with E-state index in [1.807, 2.05) is 60.8 Å². The van der Waals surface area contributed by atoms with Crippen LogP contribution in [0.2, 0.25) is 0 Å². The molecule has 0 N–H and O–H groups in total. The first-order valence-corrected chi connectivity index (χ1v) is 9.13. The normalized spacial score (nSPS) is 10.6. The average molecular weight is 370 g/mol. The lowest BCUT2D eigenvalue weighted by Crippen LogP contribution is -1.95. The summed E-state index contributed by atoms with van der Waals surface area (Å²) in [5.74, 6) is 0.453. The van der Waals surface area contributed by atoms with Crippen molar-refractivity contribution in [2.75, 3.05) is 0 Å². The van der Waals surface area contributed by atoms with Gasteiger partial charge in [-0.25, -0.2) is 4.39 Å². The Bertz CT molecular complexity index is 1040. The largest absolute Gasteiger partial charge is 0.454 e. The van der Waals surface area contributed by atoms with Gasteiger partial charge in [-0.1, -0.05) is 30.3 Å². The third-order valence-corrected chi connectivity index (χ3v) is 4.50. The van der Waals surface area contributed by atoms with Crippen LogP contribution in [0, 0.1) is 5.82 Å². The molecular weight excluding hydrogens is 351 g/mol. The lowest BCUT2D eigenvalue weighted by molar-refractivity contribution is 0.441. The Labute approximate surface area is 163 Å². The Morgan fingerprint density at radius 1 is 0.714 bits per heavy atom. The molecule has 0 aliphatic heterocycles. The van der Waals surface area contributed by atoms with E-state index in [9.17, 15) is 4.39 Å². The zero-order valence-corrected chi connectivity index (χ0v) is 15.3. The highest BCUT2D eigenvalue weighted by Gasteiger charge is 2.07. The number of nitrogens with zero attached hydrogens (tertiary/aromatic N) is 2. The van der Waals surface area contributed by atoms with Gasteiger partial charge in [0.25, 0.3) is 0 Å². The number of aryl methyl sites for hydroxylation is 2. The van der Waals surface area contributed by atoms with E-state index < -0.39 is 0 Å². The minimum Gasteiger partial charge on any atom is -0.454 e. The van der Waals surface area contributed by atoms with Gasteiger partial charge in [0, 0.05) is 24.8 Å². The van der Waals surface area contributed by atoms with Crippen molar-refractivity contribution in [3.8, 4) is 22.6 Å². The number of hydrogen-bond acceptors (Lipinski definition) is 3. The first-order valence-electron chi connectivity index (χ1n) is 9.13. The standard InChI is InChI=1S/C24H19FN2O/c25-23-15-18(5-6-19-3-1-13-26-16-19)7-12-24(23)28-22-10-8-20(9-11-22)21-4-2-14-27-17-21/h1-4,7-17H,5-6H2. The predicted octanol–water partition coefficient (Wildman–Crippen LogP) is 5.86. The molecule has 3 nitrogen and oxygen atoms in total. The molecule has 0 unspecified atom stereocenters. The van der Waals surface area contributed by atoms with E-state index in [0.717, 1.165) is 35.1 Å². The fourth-order valence-electron chi connectivity index (χ4n) is 2.99. The van der Waals surface area contributed by atoms with Gasteiger partial charge in [0.05, 0.1) is 0 Å². The molecule has 0 aliphatic rings. The predicted molar refractivity (Wildman–Crippen MR) is 108 cm³/mol. The van der Waals surface area contributed by atoms with E-state index in [1.165, 1.54) is 6.07 Å². The summed E-state index contributed by atoms with van der Waals surface area (Å²) in [6.07, 6.45) is 8.71. The molecule has 0 atom stereocenters. The summed E-state index contributed by atoms with van der Waals surface area (Å²) in [6, 6.07) is 20.5. The SMILES string of the molecule is Fc1cc(CCc2cccnc2)ccc1Oc1ccc(-c2cccnc2)cc1. The number of ether oxygens (including phenoxy) is 1. The number of pyridine rings is 2. The third-order valence-electron chi connectivity index (χ3n) is 4.50. The van der Waals surface area contributed by atoms with Gasteiger partial charge in [-0.3, -0.25) is 9.97 Å². The van der Waals surface area contributed by atoms with Crippen molar-refractivity contribution in [3.63, 3.8) is 0 Å². The van der Waals surface area contributed by atoms with Crippen LogP contribution in [0.4, 0.5) is 4.39 Å². The lowest BCUT2D eigenvalue weighted by atomic mass is 10.1. The number of rotatable bonds is 6. The Hall–Kier alpha value is -3.53. The first-order chi connectivity index (χ1) is 13.8. The monoisotopic (exact) mass is 370 g/mol. The Kier molecular flexibility index (Phi) is 5.38. The molecule has 4 rings (SSSR count). The summed E-state index contributed by atoms with van der Waals surface area (Å²) < 4.78 is 20.2. The van der Waals surface area contributed by atoms with Crippen molar-refractivity contribution in [1.29, 1.82) is 0 Å². The molecule has 2 heterocycles. The second kappa shape index (κ2) is 8.44. The molecule has 0 spiro atoms. The van der Waals surface area contributed by atoms with Gasteiger partial charge in [0.2, 0.25) is 0 Å². The maximum absolute atomic E-state index is 14.5. The first kappa shape index (κ1) is 17.9. The number of hydrogen-bond donors (Lipinski definition) is 0. The topological polar surface area (TPSA) is 35.0 Å². The van der Waals surface area contributed by atoms with Crippen molar-refractivity contribution in [2.24, 2.45) is 0 Å². The van der Waals surface area contributed by atoms with Crippen molar-refractivity contribution in [2.45, 2.75) is 12.8 Å². The van der Waals surface area contributed by atoms with Crippen molar-refractivity contribution in [1.82, 2.24) is 9.97 Å². The quantitative estimate of drug-likeness (QED) is 0.426. The summed E-state index contributed by atoms with van der Waals surface area (Å²) >= 11 is 0. The molecule has 2 aromatic carbocycles. The van der Waals surface area contributed by atoms with Crippen LogP contribution in [0.15, 0.2) is 91.5 Å². The number of aromatic nitrogens is 2. The molecule has 0 bridgehead atoms. The maximum atomic E-state index is 14.5. The fourth-order valence-corrected chi connectivity index (χ4v) is 2.99. The summed E-state index contributed by atoms with van der Waals surface area (Å²) in [5, 5.41) is 0. The number of halogens is 1. The van der Waals surface area contributed by atoms with Crippen molar-refractivity contribution < 1.29 is 9.13 Å². The van der Waals surface area contributed by atoms with Gasteiger partial charge in [0.1, 0.15) is 5.75 Å². The van der Waals surface area contributed by atoms with E-state index in [0.29, 0.717) is 5.75 Å². The van der Waals surface area contributed by atoms with Crippen LogP contribution in [0.1, 0.15) is 11.1 Å². The summed E-state index contributed by atoms with van der Waals surface area (Å²) in [5.41, 5.74) is 4.13. The molecule has 4 heteroatoms. The van der Waals surface area contributed by atoms with Gasteiger partial charge in [-0.2, -0.15) is 0 Å². The van der Waals surface area contributed by atoms with Crippen molar-refractivity contribution >= 4 is 0 Å². The minimum absolute atomic E-state index is 0.222. The molecule has 0 radical (unpaired) electrons. The molecule has 0 saturated heterocycles. The van der Waals surface area contributed by atoms with Crippen molar-refractivity contribution in [3.05, 3.63) is 108 Å². The molecule has 28 heavy (non-hydrogen) atoms. The average Bonchev–Trinajstić information content (AvgIpc) is 2.76. The zero-order valence-electron chi connectivity index (χ0n) is 15.3. The summed E-state index contributed by atoms with van der Waals surface area (Å²) in [4.78, 5) is 8.22. The van der Waals surface area contributed by atoms with Crippen LogP contribution in [0.5, 0.6) is 11.5 Å². The van der Waals surface area contributed by atoms with Crippen LogP contribution in [-0.4, -0.2) is 9.97 Å². The smallest absolute Gasteiger partial charge is 0.165 e. The van der Waals surface area contributed by atoms with Crippen LogP contribution in [0.25, 0.3) is 11.1 Å². The summed E-state index contributed by atoms with van der Waals surface area (Å²) in [7, 11) is 0. The highest BCUT2D eigenvalue weighted by Crippen LogP contribution is 2.28. The Balaban J connectivity index is 1.42. The lowest BCUT2D eigenvalue weighted by Gasteiger charge is -2.09. The highest BCUT2D eigenvalue weighted by atomic mass is 19.1. The van der Waals surface area contributed by atoms with Gasteiger partial charge in [0.15, 0.2) is 11.6 Å². The van der Waals surface area contributed by atoms with Gasteiger partial charge in [-0.05, 0) is 71.5 Å². The fraction of sp³-hybridized carbons (Fsp3) is 0.0833.